The highest BCUT2D eigenvalue weighted by molar-refractivity contribution is 5.93. The number of nitrogens with one attached hydrogen (secondary N) is 1. The van der Waals surface area contributed by atoms with Gasteiger partial charge in [-0.15, -0.1) is 0 Å². The maximum atomic E-state index is 12.1. The zero-order valence-corrected chi connectivity index (χ0v) is 12.5. The van der Waals surface area contributed by atoms with E-state index >= 15 is 0 Å². The molecule has 1 aliphatic rings. The summed E-state index contributed by atoms with van der Waals surface area (Å²) in [6, 6.07) is 5.53. The number of carbonyl (C=O) groups excluding carboxylic acids is 1. The van der Waals surface area contributed by atoms with E-state index in [1.165, 1.54) is 0 Å². The number of nitrogen functional groups attached to an aromatic ring is 1. The van der Waals surface area contributed by atoms with Gasteiger partial charge >= 0.3 is 0 Å². The molecule has 1 aromatic rings. The zero-order chi connectivity index (χ0) is 15.2. The van der Waals surface area contributed by atoms with Gasteiger partial charge in [0.05, 0.1) is 13.2 Å². The third kappa shape index (κ3) is 4.42. The summed E-state index contributed by atoms with van der Waals surface area (Å²) in [6.45, 7) is 6.68. The molecule has 1 amide bonds. The van der Waals surface area contributed by atoms with Gasteiger partial charge in [0, 0.05) is 44.1 Å². The highest BCUT2D eigenvalue weighted by atomic mass is 16.3. The van der Waals surface area contributed by atoms with E-state index in [-0.39, 0.29) is 12.5 Å². The van der Waals surface area contributed by atoms with Gasteiger partial charge in [-0.05, 0) is 24.6 Å². The Balaban J connectivity index is 1.81. The number of amides is 1. The highest BCUT2D eigenvalue weighted by Gasteiger charge is 2.18. The summed E-state index contributed by atoms with van der Waals surface area (Å²) >= 11 is 0. The first-order chi connectivity index (χ1) is 10.1. The minimum Gasteiger partial charge on any atom is -0.398 e. The Morgan fingerprint density at radius 3 is 2.62 bits per heavy atom. The summed E-state index contributed by atoms with van der Waals surface area (Å²) < 4.78 is 0. The number of rotatable bonds is 5. The van der Waals surface area contributed by atoms with Crippen LogP contribution >= 0.6 is 0 Å². The maximum absolute atomic E-state index is 12.1. The second-order valence-corrected chi connectivity index (χ2v) is 5.41. The van der Waals surface area contributed by atoms with E-state index in [0.29, 0.717) is 18.8 Å². The lowest BCUT2D eigenvalue weighted by Crippen LogP contribution is -2.49. The topological polar surface area (TPSA) is 81.8 Å². The van der Waals surface area contributed by atoms with Crippen LogP contribution in [0.2, 0.25) is 0 Å². The molecular weight excluding hydrogens is 268 g/mol. The third-order valence-electron chi connectivity index (χ3n) is 3.90. The van der Waals surface area contributed by atoms with Crippen molar-refractivity contribution < 1.29 is 9.90 Å². The summed E-state index contributed by atoms with van der Waals surface area (Å²) in [7, 11) is 0. The molecule has 1 aliphatic heterocycles. The van der Waals surface area contributed by atoms with Crippen LogP contribution in [0.4, 0.5) is 11.4 Å². The van der Waals surface area contributed by atoms with Crippen LogP contribution in [-0.4, -0.2) is 66.7 Å². The van der Waals surface area contributed by atoms with Gasteiger partial charge < -0.3 is 16.2 Å². The van der Waals surface area contributed by atoms with Gasteiger partial charge in [0.25, 0.3) is 0 Å². The molecule has 6 heteroatoms. The van der Waals surface area contributed by atoms with Crippen molar-refractivity contribution >= 4 is 17.3 Å². The average Bonchev–Trinajstić information content (AvgIpc) is 2.46. The zero-order valence-electron chi connectivity index (χ0n) is 12.5. The lowest BCUT2D eigenvalue weighted by Gasteiger charge is -2.33. The molecule has 0 radical (unpaired) electrons. The van der Waals surface area contributed by atoms with Crippen molar-refractivity contribution in [2.75, 3.05) is 56.9 Å². The lowest BCUT2D eigenvalue weighted by molar-refractivity contribution is -0.117. The molecule has 0 spiro atoms. The molecule has 2 rings (SSSR count). The number of hydrogen-bond acceptors (Lipinski definition) is 5. The molecule has 21 heavy (non-hydrogen) atoms. The van der Waals surface area contributed by atoms with E-state index in [1.807, 2.05) is 25.1 Å². The van der Waals surface area contributed by atoms with Crippen LogP contribution in [0.25, 0.3) is 0 Å². The lowest BCUT2D eigenvalue weighted by atomic mass is 10.1. The Morgan fingerprint density at radius 1 is 1.29 bits per heavy atom. The molecule has 0 aromatic heterocycles. The number of nitrogens with zero attached hydrogens (tertiary/aromatic N) is 2. The van der Waals surface area contributed by atoms with Gasteiger partial charge in [-0.25, -0.2) is 0 Å². The van der Waals surface area contributed by atoms with Crippen LogP contribution in [0.3, 0.4) is 0 Å². The van der Waals surface area contributed by atoms with Crippen LogP contribution < -0.4 is 11.1 Å². The van der Waals surface area contributed by atoms with E-state index in [9.17, 15) is 4.79 Å². The van der Waals surface area contributed by atoms with Gasteiger partial charge in [0.2, 0.25) is 5.91 Å². The van der Waals surface area contributed by atoms with Gasteiger partial charge in [0.15, 0.2) is 0 Å². The SMILES string of the molecule is Cc1c(N)cccc1NC(=O)CN1CCN(CCO)CC1. The second kappa shape index (κ2) is 7.40. The minimum atomic E-state index is -0.0145. The summed E-state index contributed by atoms with van der Waals surface area (Å²) in [5.74, 6) is -0.0145. The number of carbonyl (C=O) groups is 1. The molecule has 1 heterocycles. The summed E-state index contributed by atoms with van der Waals surface area (Å²) in [5.41, 5.74) is 8.20. The standard InChI is InChI=1S/C15H24N4O2/c1-12-13(16)3-2-4-14(12)17-15(21)11-19-7-5-18(6-8-19)9-10-20/h2-4,20H,5-11,16H2,1H3,(H,17,21). The van der Waals surface area contributed by atoms with Crippen LogP contribution in [-0.2, 0) is 4.79 Å². The van der Waals surface area contributed by atoms with Gasteiger partial charge in [-0.2, -0.15) is 0 Å². The Labute approximate surface area is 125 Å². The summed E-state index contributed by atoms with van der Waals surface area (Å²) in [6.07, 6.45) is 0. The van der Waals surface area contributed by atoms with Crippen molar-refractivity contribution in [3.05, 3.63) is 23.8 Å². The largest absolute Gasteiger partial charge is 0.398 e. The number of hydrogen-bond donors (Lipinski definition) is 3. The van der Waals surface area contributed by atoms with Gasteiger partial charge in [-0.1, -0.05) is 6.07 Å². The van der Waals surface area contributed by atoms with Crippen LogP contribution in [0.15, 0.2) is 18.2 Å². The van der Waals surface area contributed by atoms with Crippen molar-refractivity contribution in [3.63, 3.8) is 0 Å². The Bertz CT molecular complexity index is 485. The van der Waals surface area contributed by atoms with Crippen LogP contribution in [0, 0.1) is 6.92 Å². The highest BCUT2D eigenvalue weighted by Crippen LogP contribution is 2.20. The molecule has 4 N–H and O–H groups in total. The number of benzene rings is 1. The fourth-order valence-electron chi connectivity index (χ4n) is 2.49. The second-order valence-electron chi connectivity index (χ2n) is 5.41. The van der Waals surface area contributed by atoms with Crippen LogP contribution in [0.1, 0.15) is 5.56 Å². The normalized spacial score (nSPS) is 16.9. The first kappa shape index (κ1) is 15.8. The first-order valence-electron chi connectivity index (χ1n) is 7.30. The fourth-order valence-corrected chi connectivity index (χ4v) is 2.49. The predicted molar refractivity (Wildman–Crippen MR) is 84.2 cm³/mol. The first-order valence-corrected chi connectivity index (χ1v) is 7.30. The van der Waals surface area contributed by atoms with Gasteiger partial charge in [-0.3, -0.25) is 14.6 Å². The molecule has 0 atom stereocenters. The number of β-amino-alcohol motifs (C(OH)–C–C–N with tert-alkyl or cyclic N) is 1. The van der Waals surface area contributed by atoms with E-state index in [2.05, 4.69) is 15.1 Å². The summed E-state index contributed by atoms with van der Waals surface area (Å²) in [5, 5.41) is 11.8. The molecular formula is C15H24N4O2. The molecule has 1 aromatic carbocycles. The van der Waals surface area contributed by atoms with Crippen molar-refractivity contribution in [2.45, 2.75) is 6.92 Å². The molecule has 0 aliphatic carbocycles. The Morgan fingerprint density at radius 2 is 1.95 bits per heavy atom. The summed E-state index contributed by atoms with van der Waals surface area (Å²) in [4.78, 5) is 16.4. The van der Waals surface area contributed by atoms with Crippen molar-refractivity contribution in [1.29, 1.82) is 0 Å². The van der Waals surface area contributed by atoms with E-state index < -0.39 is 0 Å². The Kier molecular flexibility index (Phi) is 5.55. The number of aliphatic hydroxyl groups excluding tert-OH is 1. The molecule has 0 unspecified atom stereocenters. The quantitative estimate of drug-likeness (QED) is 0.672. The molecule has 0 bridgehead atoms. The molecule has 0 saturated carbocycles. The third-order valence-corrected chi connectivity index (χ3v) is 3.90. The number of anilines is 2. The molecule has 6 nitrogen and oxygen atoms in total. The van der Waals surface area contributed by atoms with Crippen molar-refractivity contribution in [2.24, 2.45) is 0 Å². The average molecular weight is 292 g/mol. The van der Waals surface area contributed by atoms with Crippen molar-refractivity contribution in [1.82, 2.24) is 9.80 Å². The smallest absolute Gasteiger partial charge is 0.238 e. The van der Waals surface area contributed by atoms with Gasteiger partial charge in [0.1, 0.15) is 0 Å². The fraction of sp³-hybridized carbons (Fsp3) is 0.533. The minimum absolute atomic E-state index is 0.0145. The van der Waals surface area contributed by atoms with E-state index in [1.54, 1.807) is 0 Å². The predicted octanol–water partition coefficient (Wildman–Crippen LogP) is 0.126. The number of piperazine rings is 1. The van der Waals surface area contributed by atoms with Crippen LogP contribution in [0.5, 0.6) is 0 Å². The number of aliphatic hydroxyl groups is 1. The van der Waals surface area contributed by atoms with E-state index in [0.717, 1.165) is 37.4 Å². The molecule has 1 fully saturated rings. The monoisotopic (exact) mass is 292 g/mol. The Hall–Kier alpha value is -1.63. The molecule has 116 valence electrons. The molecule has 1 saturated heterocycles. The number of nitrogens with two attached hydrogens (primary N) is 1. The van der Waals surface area contributed by atoms with E-state index in [4.69, 9.17) is 10.8 Å². The van der Waals surface area contributed by atoms with Crippen molar-refractivity contribution in [3.8, 4) is 0 Å². The maximum Gasteiger partial charge on any atom is 0.238 e.